The van der Waals surface area contributed by atoms with Crippen molar-refractivity contribution in [2.24, 2.45) is 5.10 Å². The lowest BCUT2D eigenvalue weighted by atomic mass is 10.0. The van der Waals surface area contributed by atoms with E-state index in [-0.39, 0.29) is 12.7 Å². The molecule has 0 radical (unpaired) electrons. The summed E-state index contributed by atoms with van der Waals surface area (Å²) in [6.07, 6.45) is 3.64. The summed E-state index contributed by atoms with van der Waals surface area (Å²) in [5.74, 6) is 1.81. The number of carbonyl (C=O) groups excluding carboxylic acids is 1. The van der Waals surface area contributed by atoms with Crippen molar-refractivity contribution in [2.75, 3.05) is 13.4 Å². The van der Waals surface area contributed by atoms with Gasteiger partial charge in [0.15, 0.2) is 11.5 Å². The fourth-order valence-electron chi connectivity index (χ4n) is 3.81. The number of aromatic nitrogens is 1. The lowest BCUT2D eigenvalue weighted by molar-refractivity contribution is 0.0956. The highest BCUT2D eigenvalue weighted by Crippen LogP contribution is 2.32. The van der Waals surface area contributed by atoms with Gasteiger partial charge in [-0.1, -0.05) is 43.7 Å². The van der Waals surface area contributed by atoms with E-state index in [0.29, 0.717) is 29.4 Å². The molecule has 0 saturated carbocycles. The summed E-state index contributed by atoms with van der Waals surface area (Å²) in [6, 6.07) is 22.6. The van der Waals surface area contributed by atoms with Gasteiger partial charge in [0, 0.05) is 10.9 Å². The molecule has 0 bridgehead atoms. The van der Waals surface area contributed by atoms with E-state index < -0.39 is 0 Å². The minimum absolute atomic E-state index is 0.206. The summed E-state index contributed by atoms with van der Waals surface area (Å²) in [5, 5.41) is 4.90. The molecule has 5 rings (SSSR count). The van der Waals surface area contributed by atoms with Gasteiger partial charge in [0.2, 0.25) is 6.79 Å². The molecule has 1 aromatic heterocycles. The summed E-state index contributed by atoms with van der Waals surface area (Å²) < 4.78 is 16.6. The number of pyridine rings is 1. The number of hydrogen-bond acceptors (Lipinski definition) is 6. The summed E-state index contributed by atoms with van der Waals surface area (Å²) in [6.45, 7) is 3.00. The third-order valence-electron chi connectivity index (χ3n) is 5.63. The topological polar surface area (TPSA) is 82.0 Å². The van der Waals surface area contributed by atoms with Crippen LogP contribution in [0.15, 0.2) is 77.9 Å². The first-order chi connectivity index (χ1) is 17.2. The van der Waals surface area contributed by atoms with Crippen molar-refractivity contribution < 1.29 is 19.0 Å². The largest absolute Gasteiger partial charge is 0.494 e. The molecule has 0 spiro atoms. The number of nitrogens with one attached hydrogen (secondary N) is 1. The molecule has 7 heteroatoms. The molecule has 2 heterocycles. The van der Waals surface area contributed by atoms with Crippen molar-refractivity contribution in [3.05, 3.63) is 83.9 Å². The van der Waals surface area contributed by atoms with Crippen LogP contribution in [0.3, 0.4) is 0 Å². The van der Waals surface area contributed by atoms with Gasteiger partial charge in [-0.05, 0) is 54.4 Å². The predicted molar refractivity (Wildman–Crippen MR) is 135 cm³/mol. The zero-order chi connectivity index (χ0) is 24.0. The highest BCUT2D eigenvalue weighted by molar-refractivity contribution is 6.07. The highest BCUT2D eigenvalue weighted by atomic mass is 16.7. The molecular formula is C28H25N3O4. The Balaban J connectivity index is 1.40. The Kier molecular flexibility index (Phi) is 6.57. The van der Waals surface area contributed by atoms with Crippen LogP contribution in [0.25, 0.3) is 22.2 Å². The minimum atomic E-state index is -0.322. The number of nitrogens with zero attached hydrogens (tertiary/aromatic N) is 2. The van der Waals surface area contributed by atoms with Gasteiger partial charge in [0.25, 0.3) is 5.91 Å². The van der Waals surface area contributed by atoms with Crippen LogP contribution < -0.4 is 19.6 Å². The molecule has 1 amide bonds. The maximum atomic E-state index is 13.1. The summed E-state index contributed by atoms with van der Waals surface area (Å²) in [4.78, 5) is 17.9. The van der Waals surface area contributed by atoms with Crippen LogP contribution in [0, 0.1) is 0 Å². The molecule has 4 aromatic rings. The Hall–Kier alpha value is -4.39. The second kappa shape index (κ2) is 10.3. The lowest BCUT2D eigenvalue weighted by Gasteiger charge is -2.11. The average molecular weight is 468 g/mol. The van der Waals surface area contributed by atoms with Gasteiger partial charge in [-0.25, -0.2) is 10.4 Å². The number of ether oxygens (including phenoxy) is 3. The molecule has 0 aliphatic carbocycles. The van der Waals surface area contributed by atoms with E-state index in [2.05, 4.69) is 17.5 Å². The zero-order valence-electron chi connectivity index (χ0n) is 19.4. The smallest absolute Gasteiger partial charge is 0.272 e. The van der Waals surface area contributed by atoms with Gasteiger partial charge >= 0.3 is 0 Å². The molecule has 1 N–H and O–H groups in total. The maximum absolute atomic E-state index is 13.1. The van der Waals surface area contributed by atoms with Crippen LogP contribution in [0.4, 0.5) is 0 Å². The van der Waals surface area contributed by atoms with E-state index in [1.165, 1.54) is 0 Å². The number of hydrogen-bond donors (Lipinski definition) is 1. The van der Waals surface area contributed by atoms with Crippen LogP contribution >= 0.6 is 0 Å². The van der Waals surface area contributed by atoms with Crippen LogP contribution in [-0.4, -0.2) is 30.5 Å². The Morgan fingerprint density at radius 1 is 1.06 bits per heavy atom. The van der Waals surface area contributed by atoms with Crippen LogP contribution in [-0.2, 0) is 0 Å². The molecule has 176 valence electrons. The molecule has 1 aliphatic rings. The number of carbonyl (C=O) groups is 1. The van der Waals surface area contributed by atoms with Gasteiger partial charge in [-0.3, -0.25) is 4.79 Å². The first kappa shape index (κ1) is 22.4. The van der Waals surface area contributed by atoms with E-state index >= 15 is 0 Å². The van der Waals surface area contributed by atoms with Crippen molar-refractivity contribution in [1.29, 1.82) is 0 Å². The highest BCUT2D eigenvalue weighted by Gasteiger charge is 2.15. The minimum Gasteiger partial charge on any atom is -0.494 e. The normalized spacial score (nSPS) is 12.3. The number of para-hydroxylation sites is 1. The first-order valence-corrected chi connectivity index (χ1v) is 11.6. The first-order valence-electron chi connectivity index (χ1n) is 11.6. The van der Waals surface area contributed by atoms with E-state index in [0.717, 1.165) is 40.6 Å². The maximum Gasteiger partial charge on any atom is 0.272 e. The SMILES string of the molecule is CCCCOc1cccc(-c2cc(C(=O)N/N=C/c3ccc4c(c3)OCO4)c3ccccc3n2)c1. The molecule has 0 atom stereocenters. The molecule has 3 aromatic carbocycles. The quantitative estimate of drug-likeness (QED) is 0.208. The molecule has 7 nitrogen and oxygen atoms in total. The van der Waals surface area contributed by atoms with Crippen molar-refractivity contribution in [3.8, 4) is 28.5 Å². The zero-order valence-corrected chi connectivity index (χ0v) is 19.4. The molecule has 0 fully saturated rings. The van der Waals surface area contributed by atoms with Gasteiger partial charge in [0.1, 0.15) is 5.75 Å². The third kappa shape index (κ3) is 5.09. The third-order valence-corrected chi connectivity index (χ3v) is 5.63. The summed E-state index contributed by atoms with van der Waals surface area (Å²) >= 11 is 0. The van der Waals surface area contributed by atoms with Crippen LogP contribution in [0.5, 0.6) is 17.2 Å². The van der Waals surface area contributed by atoms with Crippen molar-refractivity contribution in [3.63, 3.8) is 0 Å². The van der Waals surface area contributed by atoms with Gasteiger partial charge < -0.3 is 14.2 Å². The number of rotatable bonds is 8. The number of fused-ring (bicyclic) bond motifs is 2. The molecule has 0 saturated heterocycles. The Bertz CT molecular complexity index is 1400. The van der Waals surface area contributed by atoms with Crippen molar-refractivity contribution >= 4 is 23.0 Å². The van der Waals surface area contributed by atoms with Gasteiger partial charge in [0.05, 0.1) is 29.6 Å². The van der Waals surface area contributed by atoms with E-state index in [1.807, 2.05) is 66.7 Å². The van der Waals surface area contributed by atoms with Gasteiger partial charge in [-0.15, -0.1) is 0 Å². The monoisotopic (exact) mass is 467 g/mol. The second-order valence-corrected chi connectivity index (χ2v) is 8.11. The number of amides is 1. The molecule has 35 heavy (non-hydrogen) atoms. The molecular weight excluding hydrogens is 442 g/mol. The summed E-state index contributed by atoms with van der Waals surface area (Å²) in [5.41, 5.74) is 6.21. The van der Waals surface area contributed by atoms with E-state index in [9.17, 15) is 4.79 Å². The fourth-order valence-corrected chi connectivity index (χ4v) is 3.81. The lowest BCUT2D eigenvalue weighted by Crippen LogP contribution is -2.18. The van der Waals surface area contributed by atoms with Crippen LogP contribution in [0.2, 0.25) is 0 Å². The predicted octanol–water partition coefficient (Wildman–Crippen LogP) is 5.57. The van der Waals surface area contributed by atoms with E-state index in [4.69, 9.17) is 19.2 Å². The number of unbranched alkanes of at least 4 members (excludes halogenated alkanes) is 1. The standard InChI is InChI=1S/C28H25N3O4/c1-2-3-13-33-21-8-6-7-20(15-21)25-16-23(22-9-4-5-10-24(22)30-25)28(32)31-29-17-19-11-12-26-27(14-19)35-18-34-26/h4-12,14-17H,2-3,13,18H2,1H3,(H,31,32)/b29-17+. The Morgan fingerprint density at radius 3 is 2.86 bits per heavy atom. The summed E-state index contributed by atoms with van der Waals surface area (Å²) in [7, 11) is 0. The molecule has 1 aliphatic heterocycles. The van der Waals surface area contributed by atoms with Gasteiger partial charge in [-0.2, -0.15) is 5.10 Å². The number of hydrazone groups is 1. The van der Waals surface area contributed by atoms with Crippen LogP contribution in [0.1, 0.15) is 35.7 Å². The van der Waals surface area contributed by atoms with Crippen molar-refractivity contribution in [2.45, 2.75) is 19.8 Å². The van der Waals surface area contributed by atoms with Crippen molar-refractivity contribution in [1.82, 2.24) is 10.4 Å². The fraction of sp³-hybridized carbons (Fsp3) is 0.179. The average Bonchev–Trinajstić information content (AvgIpc) is 3.36. The van der Waals surface area contributed by atoms with E-state index in [1.54, 1.807) is 12.3 Å². The Labute approximate surface area is 203 Å². The second-order valence-electron chi connectivity index (χ2n) is 8.11. The Morgan fingerprint density at radius 2 is 1.94 bits per heavy atom. The molecule has 0 unspecified atom stereocenters. The number of benzene rings is 3.